The van der Waals surface area contributed by atoms with Crippen molar-refractivity contribution in [2.24, 2.45) is 10.8 Å². The Balaban J connectivity index is 1.52. The van der Waals surface area contributed by atoms with Gasteiger partial charge in [-0.15, -0.1) is 0 Å². The van der Waals surface area contributed by atoms with Gasteiger partial charge in [-0.2, -0.15) is 0 Å². The third-order valence-corrected chi connectivity index (χ3v) is 9.06. The number of aryl methyl sites for hydroxylation is 1. The van der Waals surface area contributed by atoms with Crippen LogP contribution < -0.4 is 14.8 Å². The molecule has 0 radical (unpaired) electrons. The number of carbonyl (C=O) groups is 3. The summed E-state index contributed by atoms with van der Waals surface area (Å²) >= 11 is 3.65. The van der Waals surface area contributed by atoms with Gasteiger partial charge in [0.1, 0.15) is 11.5 Å². The molecule has 8 heteroatoms. The first-order chi connectivity index (χ1) is 20.2. The molecule has 228 valence electrons. The summed E-state index contributed by atoms with van der Waals surface area (Å²) in [5.41, 5.74) is 4.20. The highest BCUT2D eigenvalue weighted by atomic mass is 79.9. The molecule has 0 bridgehead atoms. The molecule has 1 aliphatic heterocycles. The van der Waals surface area contributed by atoms with Crippen molar-refractivity contribution in [2.75, 3.05) is 18.5 Å². The topological polar surface area (TPSA) is 90.9 Å². The van der Waals surface area contributed by atoms with E-state index < -0.39 is 5.92 Å². The van der Waals surface area contributed by atoms with Crippen molar-refractivity contribution in [1.29, 1.82) is 0 Å². The molecule has 7 nitrogen and oxygen atoms in total. The largest absolute Gasteiger partial charge is 0.490 e. The van der Waals surface area contributed by atoms with E-state index in [0.717, 1.165) is 22.4 Å². The molecular formula is C35H40BrNO6. The van der Waals surface area contributed by atoms with Crippen LogP contribution in [-0.2, 0) is 19.1 Å². The summed E-state index contributed by atoms with van der Waals surface area (Å²) < 4.78 is 19.0. The number of carbonyl (C=O) groups excluding carboxylic acids is 3. The van der Waals surface area contributed by atoms with Gasteiger partial charge in [-0.3, -0.25) is 14.4 Å². The fourth-order valence-electron chi connectivity index (χ4n) is 6.38. The fourth-order valence-corrected chi connectivity index (χ4v) is 6.95. The summed E-state index contributed by atoms with van der Waals surface area (Å²) in [5, 5.41) is 2.92. The second-order valence-corrected chi connectivity index (χ2v) is 14.3. The van der Waals surface area contributed by atoms with Crippen LogP contribution in [0.15, 0.2) is 57.5 Å². The van der Waals surface area contributed by atoms with E-state index in [2.05, 4.69) is 48.9 Å². The predicted octanol–water partition coefficient (Wildman–Crippen LogP) is 7.88. The summed E-state index contributed by atoms with van der Waals surface area (Å²) in [6.07, 6.45) is 1.99. The first kappa shape index (κ1) is 31.0. The minimum Gasteiger partial charge on any atom is -0.490 e. The van der Waals surface area contributed by atoms with Gasteiger partial charge in [-0.05, 0) is 82.4 Å². The Kier molecular flexibility index (Phi) is 8.38. The molecule has 0 unspecified atom stereocenters. The molecule has 2 aromatic rings. The molecule has 43 heavy (non-hydrogen) atoms. The van der Waals surface area contributed by atoms with Crippen LogP contribution in [0.3, 0.4) is 0 Å². The van der Waals surface area contributed by atoms with Crippen LogP contribution in [0.5, 0.6) is 11.5 Å². The predicted molar refractivity (Wildman–Crippen MR) is 169 cm³/mol. The molecule has 0 fully saturated rings. The number of ether oxygens (including phenoxy) is 3. The Labute approximate surface area is 262 Å². The lowest BCUT2D eigenvalue weighted by atomic mass is 9.65. The number of rotatable bonds is 7. The van der Waals surface area contributed by atoms with Crippen molar-refractivity contribution >= 4 is 39.1 Å². The average Bonchev–Trinajstić information content (AvgIpc) is 2.88. The van der Waals surface area contributed by atoms with Gasteiger partial charge in [-0.1, -0.05) is 39.8 Å². The molecule has 1 N–H and O–H groups in total. The molecule has 0 atom stereocenters. The Morgan fingerprint density at radius 2 is 1.56 bits per heavy atom. The first-order valence-electron chi connectivity index (χ1n) is 14.8. The summed E-state index contributed by atoms with van der Waals surface area (Å²) in [4.78, 5) is 40.2. The number of anilines is 1. The number of nitrogens with one attached hydrogen (secondary N) is 1. The van der Waals surface area contributed by atoms with E-state index in [4.69, 9.17) is 14.2 Å². The molecule has 1 heterocycles. The molecule has 0 saturated heterocycles. The van der Waals surface area contributed by atoms with Gasteiger partial charge in [0, 0.05) is 48.4 Å². The van der Waals surface area contributed by atoms with Crippen LogP contribution in [0.2, 0.25) is 0 Å². The normalized spacial score (nSPS) is 19.4. The van der Waals surface area contributed by atoms with Crippen LogP contribution in [0.25, 0.3) is 0 Å². The fraction of sp³-hybridized carbons (Fsp3) is 0.457. The van der Waals surface area contributed by atoms with Crippen LogP contribution in [0.4, 0.5) is 5.69 Å². The number of Topliss-reactive ketones (excluding diaryl/α,β-unsaturated/α-hetero) is 2. The van der Waals surface area contributed by atoms with Crippen LogP contribution in [0.1, 0.15) is 82.9 Å². The Morgan fingerprint density at radius 3 is 2.14 bits per heavy atom. The zero-order valence-electron chi connectivity index (χ0n) is 26.0. The van der Waals surface area contributed by atoms with Gasteiger partial charge in [0.15, 0.2) is 29.7 Å². The highest BCUT2D eigenvalue weighted by Gasteiger charge is 2.48. The average molecular weight is 651 g/mol. The van der Waals surface area contributed by atoms with Gasteiger partial charge < -0.3 is 19.5 Å². The number of amides is 1. The van der Waals surface area contributed by atoms with E-state index >= 15 is 0 Å². The third-order valence-electron chi connectivity index (χ3n) is 8.47. The summed E-state index contributed by atoms with van der Waals surface area (Å²) in [7, 11) is 0. The highest BCUT2D eigenvalue weighted by molar-refractivity contribution is 9.10. The molecule has 1 amide bonds. The standard InChI is InChI=1S/C35H40BrNO6/c1-8-41-26-13-21(12-22(36)33(26)42-18-29(40)37-23-11-9-10-19(2)20(23)3)30-31-24(38)14-34(4,5)16-27(31)43-28-17-35(6,7)15-25(39)32(28)30/h9-13,30H,8,14-18H2,1-7H3,(H,37,40). The van der Waals surface area contributed by atoms with Gasteiger partial charge >= 0.3 is 0 Å². The summed E-state index contributed by atoms with van der Waals surface area (Å²) in [5.74, 6) is 1.26. The minimum atomic E-state index is -0.567. The van der Waals surface area contributed by atoms with Gasteiger partial charge in [-0.25, -0.2) is 0 Å². The van der Waals surface area contributed by atoms with Gasteiger partial charge in [0.2, 0.25) is 0 Å². The molecule has 0 aromatic heterocycles. The van der Waals surface area contributed by atoms with E-state index in [1.165, 1.54) is 0 Å². The monoisotopic (exact) mass is 649 g/mol. The van der Waals surface area contributed by atoms with E-state index in [1.807, 2.05) is 51.1 Å². The number of hydrogen-bond acceptors (Lipinski definition) is 6. The second kappa shape index (κ2) is 11.6. The zero-order chi connectivity index (χ0) is 31.3. The van der Waals surface area contributed by atoms with Crippen molar-refractivity contribution in [3.63, 3.8) is 0 Å². The molecule has 2 aliphatic carbocycles. The first-order valence-corrected chi connectivity index (χ1v) is 15.6. The van der Waals surface area contributed by atoms with Crippen molar-refractivity contribution in [3.05, 3.63) is 74.2 Å². The van der Waals surface area contributed by atoms with Crippen molar-refractivity contribution in [1.82, 2.24) is 0 Å². The van der Waals surface area contributed by atoms with E-state index in [9.17, 15) is 14.4 Å². The molecule has 3 aliphatic rings. The smallest absolute Gasteiger partial charge is 0.262 e. The lowest BCUT2D eigenvalue weighted by Gasteiger charge is -2.42. The number of allylic oxidation sites excluding steroid dienone is 4. The summed E-state index contributed by atoms with van der Waals surface area (Å²) in [6.45, 7) is 14.2. The zero-order valence-corrected chi connectivity index (χ0v) is 27.6. The van der Waals surface area contributed by atoms with E-state index in [0.29, 0.717) is 70.9 Å². The van der Waals surface area contributed by atoms with Crippen molar-refractivity contribution in [2.45, 2.75) is 80.1 Å². The molecule has 0 saturated carbocycles. The van der Waals surface area contributed by atoms with Crippen molar-refractivity contribution in [3.8, 4) is 11.5 Å². The molecular weight excluding hydrogens is 610 g/mol. The van der Waals surface area contributed by atoms with E-state index in [-0.39, 0.29) is 34.9 Å². The van der Waals surface area contributed by atoms with Gasteiger partial charge in [0.05, 0.1) is 11.1 Å². The quantitative estimate of drug-likeness (QED) is 0.328. The Hall–Kier alpha value is -3.39. The Bertz CT molecular complexity index is 1530. The number of hydrogen-bond donors (Lipinski definition) is 1. The lowest BCUT2D eigenvalue weighted by molar-refractivity contribution is -0.120. The number of benzene rings is 2. The molecule has 0 spiro atoms. The maximum Gasteiger partial charge on any atom is 0.262 e. The SMILES string of the molecule is CCOc1cc(C2C3=C(CC(C)(C)CC3=O)OC3=C2C(=O)CC(C)(C)C3)cc(Br)c1OCC(=O)Nc1cccc(C)c1C. The molecule has 5 rings (SSSR count). The molecule has 2 aromatic carbocycles. The Morgan fingerprint density at radius 1 is 0.953 bits per heavy atom. The maximum atomic E-state index is 13.7. The van der Waals surface area contributed by atoms with Gasteiger partial charge in [0.25, 0.3) is 5.91 Å². The maximum absolute atomic E-state index is 13.7. The third kappa shape index (κ3) is 6.30. The lowest BCUT2D eigenvalue weighted by Crippen LogP contribution is -2.37. The number of ketones is 2. The highest BCUT2D eigenvalue weighted by Crippen LogP contribution is 2.54. The summed E-state index contributed by atoms with van der Waals surface area (Å²) in [6, 6.07) is 9.45. The van der Waals surface area contributed by atoms with E-state index in [1.54, 1.807) is 0 Å². The minimum absolute atomic E-state index is 0.00189. The van der Waals surface area contributed by atoms with Crippen LogP contribution in [0, 0.1) is 24.7 Å². The van der Waals surface area contributed by atoms with Crippen molar-refractivity contribution < 1.29 is 28.6 Å². The van der Waals surface area contributed by atoms with Crippen LogP contribution in [-0.4, -0.2) is 30.7 Å². The number of halogens is 1. The second-order valence-electron chi connectivity index (χ2n) is 13.4. The van der Waals surface area contributed by atoms with Crippen LogP contribution >= 0.6 is 15.9 Å².